The normalized spacial score (nSPS) is 21.5. The standard InChI is InChI=1S/C20H20N4O7/c21-10-20(24-6-5-15(26)23-19(24)30)8-12(16(27)17(20)28)9-31-18(29)14(22)7-11-1-3-13(25)4-2-11/h1-6,12,14,25,27-28H,7-9,22H2,(H,23,26,30)/t12-,14-,20+/m1/s1. The third-order valence-corrected chi connectivity index (χ3v) is 5.10. The van der Waals surface area contributed by atoms with Gasteiger partial charge in [-0.2, -0.15) is 5.26 Å². The maximum absolute atomic E-state index is 12.2. The summed E-state index contributed by atoms with van der Waals surface area (Å²) in [5.41, 5.74) is 2.95. The van der Waals surface area contributed by atoms with Crippen LogP contribution >= 0.6 is 0 Å². The molecule has 11 heteroatoms. The van der Waals surface area contributed by atoms with Gasteiger partial charge in [-0.3, -0.25) is 19.1 Å². The van der Waals surface area contributed by atoms with E-state index in [1.54, 1.807) is 18.2 Å². The van der Waals surface area contributed by atoms with E-state index in [-0.39, 0.29) is 25.2 Å². The minimum atomic E-state index is -1.96. The molecule has 1 aromatic carbocycles. The number of phenolic OH excluding ortho intramolecular Hbond substituents is 1. The Hall–Kier alpha value is -4.04. The highest BCUT2D eigenvalue weighted by molar-refractivity contribution is 5.76. The van der Waals surface area contributed by atoms with Crippen LogP contribution in [-0.2, 0) is 21.5 Å². The zero-order valence-corrected chi connectivity index (χ0v) is 16.2. The monoisotopic (exact) mass is 428 g/mol. The lowest BCUT2D eigenvalue weighted by atomic mass is 9.95. The minimum Gasteiger partial charge on any atom is -0.508 e. The first-order valence-corrected chi connectivity index (χ1v) is 9.24. The number of H-pyrrole nitrogens is 1. The molecule has 0 amide bonds. The lowest BCUT2D eigenvalue weighted by molar-refractivity contribution is -0.146. The topological polar surface area (TPSA) is 192 Å². The molecule has 6 N–H and O–H groups in total. The third-order valence-electron chi connectivity index (χ3n) is 5.10. The highest BCUT2D eigenvalue weighted by Crippen LogP contribution is 2.41. The van der Waals surface area contributed by atoms with Crippen LogP contribution in [0.5, 0.6) is 5.75 Å². The van der Waals surface area contributed by atoms with Crippen LogP contribution in [0.2, 0.25) is 0 Å². The van der Waals surface area contributed by atoms with Crippen molar-refractivity contribution in [1.82, 2.24) is 9.55 Å². The van der Waals surface area contributed by atoms with E-state index in [9.17, 15) is 35.0 Å². The summed E-state index contributed by atoms with van der Waals surface area (Å²) in [4.78, 5) is 37.6. The van der Waals surface area contributed by atoms with Crippen molar-refractivity contribution in [3.05, 3.63) is 74.4 Å². The predicted octanol–water partition coefficient (Wildman–Crippen LogP) is -0.0782. The molecule has 0 spiro atoms. The van der Waals surface area contributed by atoms with E-state index >= 15 is 0 Å². The second kappa shape index (κ2) is 8.37. The highest BCUT2D eigenvalue weighted by Gasteiger charge is 2.50. The predicted molar refractivity (Wildman–Crippen MR) is 106 cm³/mol. The third kappa shape index (κ3) is 4.15. The summed E-state index contributed by atoms with van der Waals surface area (Å²) in [6.07, 6.45) is 0.912. The van der Waals surface area contributed by atoms with Gasteiger partial charge in [0, 0.05) is 18.7 Å². The molecule has 0 saturated heterocycles. The highest BCUT2D eigenvalue weighted by atomic mass is 16.5. The van der Waals surface area contributed by atoms with Crippen LogP contribution in [0.25, 0.3) is 0 Å². The summed E-state index contributed by atoms with van der Waals surface area (Å²) in [6, 6.07) is 7.90. The number of benzene rings is 1. The van der Waals surface area contributed by atoms with Gasteiger partial charge >= 0.3 is 11.7 Å². The van der Waals surface area contributed by atoms with Crippen molar-refractivity contribution < 1.29 is 24.9 Å². The number of phenols is 1. The molecule has 162 valence electrons. The van der Waals surface area contributed by atoms with Gasteiger partial charge in [0.05, 0.1) is 12.0 Å². The number of nitrogens with one attached hydrogen (secondary N) is 1. The Morgan fingerprint density at radius 3 is 2.58 bits per heavy atom. The van der Waals surface area contributed by atoms with Crippen molar-refractivity contribution in [3.63, 3.8) is 0 Å². The number of aromatic hydroxyl groups is 1. The molecule has 0 radical (unpaired) electrons. The Kier molecular flexibility index (Phi) is 5.85. The van der Waals surface area contributed by atoms with E-state index in [2.05, 4.69) is 0 Å². The summed E-state index contributed by atoms with van der Waals surface area (Å²) >= 11 is 0. The molecule has 1 aliphatic carbocycles. The fourth-order valence-corrected chi connectivity index (χ4v) is 3.43. The smallest absolute Gasteiger partial charge is 0.330 e. The van der Waals surface area contributed by atoms with Gasteiger partial charge in [0.25, 0.3) is 5.56 Å². The molecule has 3 rings (SSSR count). The van der Waals surface area contributed by atoms with E-state index in [0.29, 0.717) is 5.56 Å². The lowest BCUT2D eigenvalue weighted by Crippen LogP contribution is -2.43. The number of nitrogens with two attached hydrogens (primary N) is 1. The van der Waals surface area contributed by atoms with Gasteiger partial charge in [-0.15, -0.1) is 0 Å². The number of aliphatic hydroxyl groups excluding tert-OH is 2. The van der Waals surface area contributed by atoms with Crippen LogP contribution in [0.4, 0.5) is 0 Å². The van der Waals surface area contributed by atoms with E-state index in [4.69, 9.17) is 10.5 Å². The van der Waals surface area contributed by atoms with Crippen LogP contribution in [0, 0.1) is 17.2 Å². The number of rotatable bonds is 6. The minimum absolute atomic E-state index is 0.0748. The quantitative estimate of drug-likeness (QED) is 0.391. The zero-order valence-electron chi connectivity index (χ0n) is 16.2. The molecule has 0 bridgehead atoms. The van der Waals surface area contributed by atoms with Crippen LogP contribution in [-0.4, -0.2) is 43.5 Å². The SMILES string of the molecule is N#C[C@@]1(n2ccc(=O)[nH]c2=O)C[C@H](COC(=O)[C@H](N)Cc2ccc(O)cc2)C(O)=C1O. The second-order valence-corrected chi connectivity index (χ2v) is 7.19. The first-order chi connectivity index (χ1) is 14.7. The molecule has 1 aliphatic rings. The van der Waals surface area contributed by atoms with Crippen molar-refractivity contribution in [3.8, 4) is 11.8 Å². The molecule has 31 heavy (non-hydrogen) atoms. The number of ether oxygens (including phenoxy) is 1. The number of carbonyl (C=O) groups excluding carboxylic acids is 1. The summed E-state index contributed by atoms with van der Waals surface area (Å²) in [6.45, 7) is -0.389. The van der Waals surface area contributed by atoms with Gasteiger partial charge in [0.2, 0.25) is 0 Å². The zero-order chi connectivity index (χ0) is 22.8. The Morgan fingerprint density at radius 1 is 1.29 bits per heavy atom. The Morgan fingerprint density at radius 2 is 1.97 bits per heavy atom. The summed E-state index contributed by atoms with van der Waals surface area (Å²) in [5.74, 6) is -3.02. The van der Waals surface area contributed by atoms with Gasteiger partial charge in [0.1, 0.15) is 24.2 Å². The number of allylic oxidation sites excluding steroid dienone is 1. The van der Waals surface area contributed by atoms with Gasteiger partial charge in [-0.25, -0.2) is 4.79 Å². The summed E-state index contributed by atoms with van der Waals surface area (Å²) in [7, 11) is 0. The first kappa shape index (κ1) is 21.7. The maximum atomic E-state index is 12.2. The molecule has 11 nitrogen and oxygen atoms in total. The summed E-state index contributed by atoms with van der Waals surface area (Å²) in [5, 5.41) is 39.6. The van der Waals surface area contributed by atoms with Crippen molar-refractivity contribution >= 4 is 5.97 Å². The van der Waals surface area contributed by atoms with Gasteiger partial charge in [-0.05, 0) is 24.1 Å². The van der Waals surface area contributed by atoms with Crippen molar-refractivity contribution in [1.29, 1.82) is 5.26 Å². The number of esters is 1. The number of carbonyl (C=O) groups is 1. The Balaban J connectivity index is 1.71. The number of nitriles is 1. The molecule has 3 atom stereocenters. The number of aliphatic hydroxyl groups is 2. The van der Waals surface area contributed by atoms with E-state index in [1.165, 1.54) is 12.1 Å². The number of aromatic amines is 1. The molecule has 0 fully saturated rings. The largest absolute Gasteiger partial charge is 0.508 e. The van der Waals surface area contributed by atoms with Crippen LogP contribution in [0.3, 0.4) is 0 Å². The molecule has 2 aromatic rings. The molecule has 0 aliphatic heterocycles. The Labute approximate surface area is 175 Å². The lowest BCUT2D eigenvalue weighted by Gasteiger charge is -2.24. The van der Waals surface area contributed by atoms with Gasteiger partial charge in [0.15, 0.2) is 11.3 Å². The molecular formula is C20H20N4O7. The fraction of sp³-hybridized carbons (Fsp3) is 0.300. The average molecular weight is 428 g/mol. The Bertz CT molecular complexity index is 1180. The van der Waals surface area contributed by atoms with E-state index in [0.717, 1.165) is 16.8 Å². The van der Waals surface area contributed by atoms with Crippen LogP contribution in [0.1, 0.15) is 12.0 Å². The van der Waals surface area contributed by atoms with Gasteiger partial charge in [-0.1, -0.05) is 12.1 Å². The molecule has 0 unspecified atom stereocenters. The molecular weight excluding hydrogens is 408 g/mol. The number of hydrogen-bond acceptors (Lipinski definition) is 9. The van der Waals surface area contributed by atoms with Gasteiger partial charge < -0.3 is 25.8 Å². The average Bonchev–Trinajstić information content (AvgIpc) is 2.99. The van der Waals surface area contributed by atoms with Crippen LogP contribution < -0.4 is 17.0 Å². The van der Waals surface area contributed by atoms with Crippen molar-refractivity contribution in [2.24, 2.45) is 11.7 Å². The van der Waals surface area contributed by atoms with E-state index < -0.39 is 46.2 Å². The van der Waals surface area contributed by atoms with E-state index in [1.807, 2.05) is 4.98 Å². The second-order valence-electron chi connectivity index (χ2n) is 7.19. The first-order valence-electron chi connectivity index (χ1n) is 9.24. The maximum Gasteiger partial charge on any atom is 0.330 e. The summed E-state index contributed by atoms with van der Waals surface area (Å²) < 4.78 is 5.96. The molecule has 1 aromatic heterocycles. The number of hydrogen-bond donors (Lipinski definition) is 5. The number of aromatic nitrogens is 2. The molecule has 0 saturated carbocycles. The van der Waals surface area contributed by atoms with Crippen molar-refractivity contribution in [2.75, 3.05) is 6.61 Å². The molecule has 1 heterocycles. The van der Waals surface area contributed by atoms with Crippen molar-refractivity contribution in [2.45, 2.75) is 24.4 Å². The fourth-order valence-electron chi connectivity index (χ4n) is 3.43. The number of nitrogens with zero attached hydrogens (tertiary/aromatic N) is 2. The van der Waals surface area contributed by atoms with Crippen LogP contribution in [0.15, 0.2) is 57.6 Å².